The zero-order chi connectivity index (χ0) is 19.0. The van der Waals surface area contributed by atoms with Crippen LogP contribution in [0.25, 0.3) is 10.2 Å². The number of aromatic nitrogens is 2. The van der Waals surface area contributed by atoms with Crippen molar-refractivity contribution in [2.24, 2.45) is 7.05 Å². The van der Waals surface area contributed by atoms with Crippen molar-refractivity contribution in [2.75, 3.05) is 11.1 Å². The highest BCUT2D eigenvalue weighted by Crippen LogP contribution is 2.29. The van der Waals surface area contributed by atoms with Crippen LogP contribution in [0.1, 0.15) is 10.4 Å². The van der Waals surface area contributed by atoms with Gasteiger partial charge in [0.2, 0.25) is 5.91 Å². The Morgan fingerprint density at radius 2 is 2.08 bits per heavy atom. The topological polar surface area (TPSA) is 64.0 Å². The molecule has 3 aromatic rings. The Morgan fingerprint density at radius 3 is 2.81 bits per heavy atom. The first-order valence-corrected chi connectivity index (χ1v) is 10.2. The quantitative estimate of drug-likeness (QED) is 0.486. The van der Waals surface area contributed by atoms with Gasteiger partial charge in [-0.2, -0.15) is 0 Å². The van der Waals surface area contributed by atoms with Gasteiger partial charge in [0.15, 0.2) is 5.16 Å². The molecule has 5 nitrogen and oxygen atoms in total. The third-order valence-corrected chi connectivity index (χ3v) is 6.60. The minimum absolute atomic E-state index is 0.0952. The smallest absolute Gasteiger partial charge is 0.262 e. The molecule has 9 heteroatoms. The summed E-state index contributed by atoms with van der Waals surface area (Å²) >= 11 is 14.7. The van der Waals surface area contributed by atoms with Crippen LogP contribution in [0.5, 0.6) is 0 Å². The number of fused-ring (bicyclic) bond motifs is 1. The molecule has 0 atom stereocenters. The van der Waals surface area contributed by atoms with Crippen LogP contribution in [-0.2, 0) is 11.8 Å². The molecule has 0 spiro atoms. The summed E-state index contributed by atoms with van der Waals surface area (Å²) in [6, 6.07) is 4.85. The van der Waals surface area contributed by atoms with E-state index < -0.39 is 0 Å². The number of rotatable bonds is 4. The summed E-state index contributed by atoms with van der Waals surface area (Å²) in [6.07, 6.45) is 0. The second-order valence-electron chi connectivity index (χ2n) is 5.68. The van der Waals surface area contributed by atoms with Crippen molar-refractivity contribution < 1.29 is 4.79 Å². The van der Waals surface area contributed by atoms with E-state index in [0.717, 1.165) is 10.4 Å². The highest BCUT2D eigenvalue weighted by molar-refractivity contribution is 7.99. The van der Waals surface area contributed by atoms with E-state index in [1.807, 2.05) is 13.8 Å². The normalized spacial score (nSPS) is 11.1. The van der Waals surface area contributed by atoms with Gasteiger partial charge in [0, 0.05) is 16.9 Å². The number of nitrogens with zero attached hydrogens (tertiary/aromatic N) is 2. The fourth-order valence-corrected chi connectivity index (χ4v) is 4.57. The van der Waals surface area contributed by atoms with Gasteiger partial charge in [0.1, 0.15) is 4.83 Å². The number of benzene rings is 1. The molecule has 0 aliphatic rings. The summed E-state index contributed by atoms with van der Waals surface area (Å²) in [5.74, 6) is -0.162. The summed E-state index contributed by atoms with van der Waals surface area (Å²) in [7, 11) is 1.66. The molecule has 0 radical (unpaired) electrons. The Kier molecular flexibility index (Phi) is 5.62. The van der Waals surface area contributed by atoms with Crippen LogP contribution in [0, 0.1) is 13.8 Å². The predicted octanol–water partition coefficient (Wildman–Crippen LogP) is 4.65. The molecule has 2 aromatic heterocycles. The lowest BCUT2D eigenvalue weighted by molar-refractivity contribution is -0.113. The molecule has 0 unspecified atom stereocenters. The largest absolute Gasteiger partial charge is 0.324 e. The molecule has 1 amide bonds. The number of halogens is 2. The molecule has 2 heterocycles. The van der Waals surface area contributed by atoms with Crippen molar-refractivity contribution in [1.82, 2.24) is 9.55 Å². The molecule has 1 N–H and O–H groups in total. The lowest BCUT2D eigenvalue weighted by atomic mass is 10.2. The van der Waals surface area contributed by atoms with Gasteiger partial charge in [0.05, 0.1) is 21.8 Å². The number of nitrogens with one attached hydrogen (secondary N) is 1. The minimum Gasteiger partial charge on any atom is -0.324 e. The highest BCUT2D eigenvalue weighted by atomic mass is 35.5. The molecule has 1 aromatic carbocycles. The second kappa shape index (κ2) is 7.60. The molecular formula is C17H15Cl2N3O2S2. The van der Waals surface area contributed by atoms with Gasteiger partial charge in [-0.05, 0) is 37.6 Å². The monoisotopic (exact) mass is 427 g/mol. The van der Waals surface area contributed by atoms with E-state index in [-0.39, 0.29) is 17.2 Å². The van der Waals surface area contributed by atoms with Crippen molar-refractivity contribution in [3.8, 4) is 0 Å². The maximum Gasteiger partial charge on any atom is 0.262 e. The predicted molar refractivity (Wildman–Crippen MR) is 110 cm³/mol. The number of hydrogen-bond acceptors (Lipinski definition) is 5. The lowest BCUT2D eigenvalue weighted by Gasteiger charge is -2.09. The number of hydrogen-bond donors (Lipinski definition) is 1. The average molecular weight is 428 g/mol. The first-order chi connectivity index (χ1) is 12.3. The van der Waals surface area contributed by atoms with Gasteiger partial charge in [-0.1, -0.05) is 35.0 Å². The molecular weight excluding hydrogens is 413 g/mol. The van der Waals surface area contributed by atoms with Gasteiger partial charge in [-0.3, -0.25) is 14.2 Å². The molecule has 3 rings (SSSR count). The molecule has 0 bridgehead atoms. The maximum atomic E-state index is 12.6. The Labute approximate surface area is 168 Å². The Morgan fingerprint density at radius 1 is 1.35 bits per heavy atom. The van der Waals surface area contributed by atoms with Crippen molar-refractivity contribution in [3.05, 3.63) is 49.0 Å². The van der Waals surface area contributed by atoms with E-state index in [2.05, 4.69) is 10.3 Å². The molecule has 0 saturated heterocycles. The third kappa shape index (κ3) is 3.76. The van der Waals surface area contributed by atoms with Crippen LogP contribution in [0.3, 0.4) is 0 Å². The summed E-state index contributed by atoms with van der Waals surface area (Å²) < 4.78 is 1.48. The van der Waals surface area contributed by atoms with E-state index in [0.29, 0.717) is 31.1 Å². The second-order valence-corrected chi connectivity index (χ2v) is 8.67. The summed E-state index contributed by atoms with van der Waals surface area (Å²) in [5, 5.41) is 4.75. The van der Waals surface area contributed by atoms with Crippen molar-refractivity contribution >= 4 is 68.1 Å². The first-order valence-electron chi connectivity index (χ1n) is 7.62. The Hall–Kier alpha value is -1.54. The Balaban J connectivity index is 1.79. The minimum atomic E-state index is -0.257. The SMILES string of the molecule is Cc1sc2nc(SCC(=O)Nc3cc(Cl)ccc3Cl)n(C)c(=O)c2c1C. The number of carbonyl (C=O) groups excluding carboxylic acids is 1. The summed E-state index contributed by atoms with van der Waals surface area (Å²) in [4.78, 5) is 31.1. The van der Waals surface area contributed by atoms with Crippen LogP contribution >= 0.6 is 46.3 Å². The number of anilines is 1. The molecule has 0 aliphatic heterocycles. The molecule has 26 heavy (non-hydrogen) atoms. The van der Waals surface area contributed by atoms with Crippen LogP contribution in [0.2, 0.25) is 10.0 Å². The number of amides is 1. The average Bonchev–Trinajstić information content (AvgIpc) is 2.87. The molecule has 0 saturated carbocycles. The maximum absolute atomic E-state index is 12.6. The third-order valence-electron chi connectivity index (χ3n) is 3.90. The molecule has 136 valence electrons. The fraction of sp³-hybridized carbons (Fsp3) is 0.235. The van der Waals surface area contributed by atoms with Crippen molar-refractivity contribution in [3.63, 3.8) is 0 Å². The molecule has 0 aliphatic carbocycles. The summed E-state index contributed by atoms with van der Waals surface area (Å²) in [5.41, 5.74) is 1.31. The number of aryl methyl sites for hydroxylation is 2. The van der Waals surface area contributed by atoms with Crippen LogP contribution in [0.4, 0.5) is 5.69 Å². The van der Waals surface area contributed by atoms with Crippen LogP contribution in [0.15, 0.2) is 28.2 Å². The van der Waals surface area contributed by atoms with Gasteiger partial charge in [-0.15, -0.1) is 11.3 Å². The number of thiophene rings is 1. The van der Waals surface area contributed by atoms with Gasteiger partial charge >= 0.3 is 0 Å². The lowest BCUT2D eigenvalue weighted by Crippen LogP contribution is -2.21. The van der Waals surface area contributed by atoms with E-state index in [4.69, 9.17) is 23.2 Å². The first kappa shape index (κ1) is 19.2. The standard InChI is InChI=1S/C17H15Cl2N3O2S2/c1-8-9(2)26-15-14(8)16(24)22(3)17(21-15)25-7-13(23)20-12-6-10(18)4-5-11(12)19/h4-6H,7H2,1-3H3,(H,20,23). The summed E-state index contributed by atoms with van der Waals surface area (Å²) in [6.45, 7) is 3.89. The van der Waals surface area contributed by atoms with Crippen molar-refractivity contribution in [2.45, 2.75) is 19.0 Å². The van der Waals surface area contributed by atoms with E-state index in [9.17, 15) is 9.59 Å². The van der Waals surface area contributed by atoms with E-state index >= 15 is 0 Å². The van der Waals surface area contributed by atoms with Crippen LogP contribution < -0.4 is 10.9 Å². The zero-order valence-corrected chi connectivity index (χ0v) is 17.4. The van der Waals surface area contributed by atoms with Gasteiger partial charge in [0.25, 0.3) is 5.56 Å². The van der Waals surface area contributed by atoms with Crippen molar-refractivity contribution in [1.29, 1.82) is 0 Å². The Bertz CT molecular complexity index is 1080. The molecule has 0 fully saturated rings. The van der Waals surface area contributed by atoms with Gasteiger partial charge < -0.3 is 5.32 Å². The van der Waals surface area contributed by atoms with Crippen LogP contribution in [-0.4, -0.2) is 21.2 Å². The number of carbonyl (C=O) groups is 1. The highest BCUT2D eigenvalue weighted by Gasteiger charge is 2.16. The fourth-order valence-electron chi connectivity index (χ4n) is 2.39. The van der Waals surface area contributed by atoms with Gasteiger partial charge in [-0.25, -0.2) is 4.98 Å². The zero-order valence-electron chi connectivity index (χ0n) is 14.2. The number of thioether (sulfide) groups is 1. The van der Waals surface area contributed by atoms with E-state index in [1.54, 1.807) is 25.2 Å². The van der Waals surface area contributed by atoms with E-state index in [1.165, 1.54) is 27.7 Å².